The van der Waals surface area contributed by atoms with Gasteiger partial charge < -0.3 is 5.32 Å². The van der Waals surface area contributed by atoms with Crippen LogP contribution in [0.4, 0.5) is 5.69 Å². The molecule has 0 saturated heterocycles. The lowest BCUT2D eigenvalue weighted by atomic mass is 9.95. The Morgan fingerprint density at radius 3 is 2.22 bits per heavy atom. The van der Waals surface area contributed by atoms with Gasteiger partial charge in [-0.2, -0.15) is 0 Å². The molecule has 0 spiro atoms. The third kappa shape index (κ3) is 2.70. The first-order valence-corrected chi connectivity index (χ1v) is 8.54. The fourth-order valence-electron chi connectivity index (χ4n) is 3.72. The zero-order valence-corrected chi connectivity index (χ0v) is 13.2. The van der Waals surface area contributed by atoms with Gasteiger partial charge in [0.15, 0.2) is 0 Å². The van der Waals surface area contributed by atoms with Crippen molar-refractivity contribution < 1.29 is 0 Å². The topological polar surface area (TPSA) is 29.1 Å². The molecule has 3 aromatic carbocycles. The average Bonchev–Trinajstić information content (AvgIpc) is 2.72. The second-order valence-electron chi connectivity index (χ2n) is 6.50. The summed E-state index contributed by atoms with van der Waals surface area (Å²) in [6, 6.07) is 18.7. The monoisotopic (exact) mass is 303 g/mol. The van der Waals surface area contributed by atoms with Crippen molar-refractivity contribution in [1.29, 1.82) is 0 Å². The molecule has 1 aliphatic rings. The maximum absolute atomic E-state index is 13.0. The van der Waals surface area contributed by atoms with Crippen LogP contribution >= 0.6 is 0 Å². The van der Waals surface area contributed by atoms with Crippen LogP contribution in [0.25, 0.3) is 21.5 Å². The molecule has 0 aromatic heterocycles. The van der Waals surface area contributed by atoms with Crippen molar-refractivity contribution >= 4 is 27.2 Å². The molecule has 1 N–H and O–H groups in total. The Morgan fingerprint density at radius 2 is 1.43 bits per heavy atom. The quantitative estimate of drug-likeness (QED) is 0.713. The molecule has 2 nitrogen and oxygen atoms in total. The van der Waals surface area contributed by atoms with Crippen molar-refractivity contribution in [1.82, 2.24) is 0 Å². The number of hydrogen-bond donors (Lipinski definition) is 1. The minimum absolute atomic E-state index is 0.113. The zero-order chi connectivity index (χ0) is 15.6. The summed E-state index contributed by atoms with van der Waals surface area (Å²) >= 11 is 0. The Morgan fingerprint density at radius 1 is 0.783 bits per heavy atom. The molecular formula is C21H21NO. The van der Waals surface area contributed by atoms with Crippen molar-refractivity contribution in [3.8, 4) is 0 Å². The van der Waals surface area contributed by atoms with Crippen molar-refractivity contribution in [2.45, 2.75) is 38.1 Å². The highest BCUT2D eigenvalue weighted by atomic mass is 16.1. The molecular weight excluding hydrogens is 282 g/mol. The van der Waals surface area contributed by atoms with Gasteiger partial charge in [-0.05, 0) is 35.1 Å². The van der Waals surface area contributed by atoms with E-state index in [1.165, 1.54) is 19.3 Å². The molecule has 23 heavy (non-hydrogen) atoms. The summed E-state index contributed by atoms with van der Waals surface area (Å²) < 4.78 is 0. The van der Waals surface area contributed by atoms with E-state index in [0.29, 0.717) is 6.04 Å². The Balaban J connectivity index is 1.96. The molecule has 0 aliphatic heterocycles. The van der Waals surface area contributed by atoms with Gasteiger partial charge in [0.05, 0.1) is 5.69 Å². The van der Waals surface area contributed by atoms with E-state index in [1.54, 1.807) is 0 Å². The predicted molar refractivity (Wildman–Crippen MR) is 98.2 cm³/mol. The van der Waals surface area contributed by atoms with Crippen LogP contribution in [0, 0.1) is 0 Å². The first kappa shape index (κ1) is 14.3. The SMILES string of the molecule is O=c1c(NC2CCCCC2)cc2ccccc2c2ccccc12. The molecule has 1 fully saturated rings. The molecule has 0 bridgehead atoms. The molecule has 0 unspecified atom stereocenters. The number of nitrogens with one attached hydrogen (secondary N) is 1. The van der Waals surface area contributed by atoms with Gasteiger partial charge in [0.1, 0.15) is 0 Å². The molecule has 2 heteroatoms. The fourth-order valence-corrected chi connectivity index (χ4v) is 3.72. The Hall–Kier alpha value is -2.35. The normalized spacial score (nSPS) is 15.8. The lowest BCUT2D eigenvalue weighted by Crippen LogP contribution is -2.25. The van der Waals surface area contributed by atoms with Gasteiger partial charge in [-0.25, -0.2) is 0 Å². The molecule has 1 saturated carbocycles. The predicted octanol–water partition coefficient (Wildman–Crippen LogP) is 5.10. The number of benzene rings is 2. The molecule has 4 rings (SSSR count). The van der Waals surface area contributed by atoms with E-state index in [2.05, 4.69) is 17.4 Å². The largest absolute Gasteiger partial charge is 0.379 e. The number of fused-ring (bicyclic) bond motifs is 3. The van der Waals surface area contributed by atoms with Crippen molar-refractivity contribution in [3.05, 3.63) is 64.8 Å². The minimum Gasteiger partial charge on any atom is -0.379 e. The summed E-state index contributed by atoms with van der Waals surface area (Å²) in [5.41, 5.74) is 0.858. The summed E-state index contributed by atoms with van der Waals surface area (Å²) in [4.78, 5) is 13.0. The summed E-state index contributed by atoms with van der Waals surface area (Å²) in [6.07, 6.45) is 6.15. The van der Waals surface area contributed by atoms with E-state index < -0.39 is 0 Å². The second-order valence-corrected chi connectivity index (χ2v) is 6.50. The fraction of sp³-hybridized carbons (Fsp3) is 0.286. The molecule has 1 aliphatic carbocycles. The average molecular weight is 303 g/mol. The van der Waals surface area contributed by atoms with Crippen molar-refractivity contribution in [2.24, 2.45) is 0 Å². The van der Waals surface area contributed by atoms with Gasteiger partial charge in [-0.3, -0.25) is 4.79 Å². The van der Waals surface area contributed by atoms with Gasteiger partial charge in [0.25, 0.3) is 0 Å². The highest BCUT2D eigenvalue weighted by Crippen LogP contribution is 2.26. The maximum atomic E-state index is 13.0. The van der Waals surface area contributed by atoms with Crippen molar-refractivity contribution in [3.63, 3.8) is 0 Å². The van der Waals surface area contributed by atoms with E-state index in [4.69, 9.17) is 0 Å². The van der Waals surface area contributed by atoms with Gasteiger partial charge in [0.2, 0.25) is 5.43 Å². The van der Waals surface area contributed by atoms with E-state index in [0.717, 1.165) is 40.1 Å². The standard InChI is InChI=1S/C21H21NO/c23-21-19-13-7-6-12-18(19)17-11-5-4-8-15(17)14-20(21)22-16-9-2-1-3-10-16/h4-8,11-14,16H,1-3,9-10H2,(H,22,23). The van der Waals surface area contributed by atoms with Crippen LogP contribution in [0.5, 0.6) is 0 Å². The van der Waals surface area contributed by atoms with Crippen LogP contribution in [0.15, 0.2) is 59.4 Å². The maximum Gasteiger partial charge on any atom is 0.209 e. The first-order valence-electron chi connectivity index (χ1n) is 8.54. The van der Waals surface area contributed by atoms with Crippen LogP contribution in [-0.4, -0.2) is 6.04 Å². The Kier molecular flexibility index (Phi) is 3.74. The molecule has 116 valence electrons. The van der Waals surface area contributed by atoms with Gasteiger partial charge >= 0.3 is 0 Å². The summed E-state index contributed by atoms with van der Waals surface area (Å²) in [5.74, 6) is 0. The van der Waals surface area contributed by atoms with Crippen LogP contribution in [-0.2, 0) is 0 Å². The minimum atomic E-state index is 0.113. The van der Waals surface area contributed by atoms with Crippen LogP contribution in [0.1, 0.15) is 32.1 Å². The van der Waals surface area contributed by atoms with Crippen molar-refractivity contribution in [2.75, 3.05) is 5.32 Å². The second kappa shape index (κ2) is 6.04. The zero-order valence-electron chi connectivity index (χ0n) is 13.2. The van der Waals surface area contributed by atoms with Crippen LogP contribution < -0.4 is 10.7 Å². The third-order valence-electron chi connectivity index (χ3n) is 4.93. The molecule has 0 radical (unpaired) electrons. The van der Waals surface area contributed by atoms with E-state index in [-0.39, 0.29) is 5.43 Å². The number of hydrogen-bond acceptors (Lipinski definition) is 2. The number of rotatable bonds is 2. The van der Waals surface area contributed by atoms with E-state index >= 15 is 0 Å². The molecule has 0 amide bonds. The lowest BCUT2D eigenvalue weighted by molar-refractivity contribution is 0.462. The highest BCUT2D eigenvalue weighted by Gasteiger charge is 2.15. The molecule has 0 atom stereocenters. The Labute approximate surface area is 136 Å². The van der Waals surface area contributed by atoms with Crippen LogP contribution in [0.2, 0.25) is 0 Å². The molecule has 3 aromatic rings. The summed E-state index contributed by atoms with van der Waals surface area (Å²) in [6.45, 7) is 0. The van der Waals surface area contributed by atoms with Gasteiger partial charge in [-0.1, -0.05) is 67.8 Å². The Bertz CT molecular complexity index is 910. The lowest BCUT2D eigenvalue weighted by Gasteiger charge is -2.23. The third-order valence-corrected chi connectivity index (χ3v) is 4.93. The highest BCUT2D eigenvalue weighted by molar-refractivity contribution is 6.07. The van der Waals surface area contributed by atoms with Crippen LogP contribution in [0.3, 0.4) is 0 Å². The summed E-state index contributed by atoms with van der Waals surface area (Å²) in [7, 11) is 0. The number of anilines is 1. The van der Waals surface area contributed by atoms with Gasteiger partial charge in [0, 0.05) is 11.4 Å². The van der Waals surface area contributed by atoms with Gasteiger partial charge in [-0.15, -0.1) is 0 Å². The molecule has 0 heterocycles. The first-order chi connectivity index (χ1) is 11.3. The van der Waals surface area contributed by atoms with E-state index in [1.807, 2.05) is 42.5 Å². The smallest absolute Gasteiger partial charge is 0.209 e. The van der Waals surface area contributed by atoms with E-state index in [9.17, 15) is 4.79 Å². The summed E-state index contributed by atoms with van der Waals surface area (Å²) in [5, 5.41) is 7.62.